The number of carbonyl (C=O) groups excluding carboxylic acids is 1. The molecule has 2 heterocycles. The molecule has 0 unspecified atom stereocenters. The Labute approximate surface area is 115 Å². The maximum atomic E-state index is 11.9. The first kappa shape index (κ1) is 13.5. The summed E-state index contributed by atoms with van der Waals surface area (Å²) in [6, 6.07) is 3.56. The minimum absolute atomic E-state index is 0.00769. The van der Waals surface area contributed by atoms with Gasteiger partial charge in [0.2, 0.25) is 0 Å². The molecule has 2 atom stereocenters. The van der Waals surface area contributed by atoms with Gasteiger partial charge in [-0.05, 0) is 25.3 Å². The molecule has 2 aromatic rings. The SMILES string of the molecule is C[C@H](NC(=O)N[C@@H](C)c1nncn1C)c1cccs1. The molecule has 0 aliphatic rings. The summed E-state index contributed by atoms with van der Waals surface area (Å²) in [7, 11) is 1.85. The number of nitrogens with zero attached hydrogens (tertiary/aromatic N) is 3. The standard InChI is InChI=1S/C12H17N5OS/c1-8(10-5-4-6-19-10)14-12(18)15-9(2)11-16-13-7-17(11)3/h4-9H,1-3H3,(H2,14,15,18)/t8-,9-/m0/s1. The zero-order valence-corrected chi connectivity index (χ0v) is 11.9. The van der Waals surface area contributed by atoms with Crippen LogP contribution in [-0.2, 0) is 7.05 Å². The largest absolute Gasteiger partial charge is 0.331 e. The number of thiophene rings is 1. The van der Waals surface area contributed by atoms with Gasteiger partial charge in [-0.3, -0.25) is 0 Å². The normalized spacial score (nSPS) is 13.8. The number of aromatic nitrogens is 3. The van der Waals surface area contributed by atoms with Crippen molar-refractivity contribution in [1.82, 2.24) is 25.4 Å². The highest BCUT2D eigenvalue weighted by molar-refractivity contribution is 7.10. The number of hydrogen-bond donors (Lipinski definition) is 2. The Balaban J connectivity index is 1.89. The highest BCUT2D eigenvalue weighted by atomic mass is 32.1. The van der Waals surface area contributed by atoms with Gasteiger partial charge < -0.3 is 15.2 Å². The lowest BCUT2D eigenvalue weighted by Gasteiger charge is -2.17. The van der Waals surface area contributed by atoms with E-state index in [2.05, 4.69) is 20.8 Å². The smallest absolute Gasteiger partial charge is 0.315 e. The summed E-state index contributed by atoms with van der Waals surface area (Å²) in [4.78, 5) is 13.0. The number of urea groups is 1. The first-order chi connectivity index (χ1) is 9.08. The van der Waals surface area contributed by atoms with Crippen LogP contribution in [0.15, 0.2) is 23.8 Å². The lowest BCUT2D eigenvalue weighted by molar-refractivity contribution is 0.234. The average Bonchev–Trinajstić information content (AvgIpc) is 2.98. The van der Waals surface area contributed by atoms with Gasteiger partial charge in [-0.25, -0.2) is 4.79 Å². The Bertz CT molecular complexity index is 536. The van der Waals surface area contributed by atoms with Crippen molar-refractivity contribution >= 4 is 17.4 Å². The van der Waals surface area contributed by atoms with E-state index in [-0.39, 0.29) is 18.1 Å². The van der Waals surface area contributed by atoms with E-state index in [0.717, 1.165) is 10.7 Å². The highest BCUT2D eigenvalue weighted by Crippen LogP contribution is 2.18. The highest BCUT2D eigenvalue weighted by Gasteiger charge is 2.16. The van der Waals surface area contributed by atoms with E-state index in [1.165, 1.54) is 0 Å². The van der Waals surface area contributed by atoms with E-state index in [4.69, 9.17) is 0 Å². The lowest BCUT2D eigenvalue weighted by atomic mass is 10.3. The van der Waals surface area contributed by atoms with Crippen molar-refractivity contribution in [2.75, 3.05) is 0 Å². The molecule has 6 nitrogen and oxygen atoms in total. The van der Waals surface area contributed by atoms with Gasteiger partial charge in [0.1, 0.15) is 6.33 Å². The van der Waals surface area contributed by atoms with E-state index in [1.807, 2.05) is 38.4 Å². The van der Waals surface area contributed by atoms with Gasteiger partial charge in [0.05, 0.1) is 12.1 Å². The minimum Gasteiger partial charge on any atom is -0.331 e. The number of nitrogens with one attached hydrogen (secondary N) is 2. The van der Waals surface area contributed by atoms with Crippen LogP contribution < -0.4 is 10.6 Å². The number of aryl methyl sites for hydroxylation is 1. The first-order valence-corrected chi connectivity index (χ1v) is 6.90. The second-order valence-corrected chi connectivity index (χ2v) is 5.36. The Kier molecular flexibility index (Phi) is 4.16. The molecule has 0 aromatic carbocycles. The van der Waals surface area contributed by atoms with Crippen molar-refractivity contribution in [1.29, 1.82) is 0 Å². The molecule has 19 heavy (non-hydrogen) atoms. The van der Waals surface area contributed by atoms with E-state index < -0.39 is 0 Å². The molecule has 2 rings (SSSR count). The molecule has 7 heteroatoms. The van der Waals surface area contributed by atoms with Gasteiger partial charge >= 0.3 is 6.03 Å². The molecule has 2 amide bonds. The third kappa shape index (κ3) is 3.31. The maximum absolute atomic E-state index is 11.9. The number of hydrogen-bond acceptors (Lipinski definition) is 4. The summed E-state index contributed by atoms with van der Waals surface area (Å²) < 4.78 is 1.79. The maximum Gasteiger partial charge on any atom is 0.315 e. The van der Waals surface area contributed by atoms with Crippen molar-refractivity contribution in [3.05, 3.63) is 34.5 Å². The molecular formula is C12H17N5OS. The zero-order chi connectivity index (χ0) is 13.8. The van der Waals surface area contributed by atoms with E-state index in [0.29, 0.717) is 0 Å². The Morgan fingerprint density at radius 1 is 1.37 bits per heavy atom. The van der Waals surface area contributed by atoms with Crippen LogP contribution in [0.4, 0.5) is 4.79 Å². The molecule has 2 aromatic heterocycles. The summed E-state index contributed by atoms with van der Waals surface area (Å²) in [5, 5.41) is 15.5. The van der Waals surface area contributed by atoms with Gasteiger partial charge in [-0.2, -0.15) is 0 Å². The van der Waals surface area contributed by atoms with E-state index in [9.17, 15) is 4.79 Å². The molecule has 0 radical (unpaired) electrons. The summed E-state index contributed by atoms with van der Waals surface area (Å²) >= 11 is 1.62. The van der Waals surface area contributed by atoms with Crippen LogP contribution >= 0.6 is 11.3 Å². The molecule has 0 saturated heterocycles. The number of rotatable bonds is 4. The van der Waals surface area contributed by atoms with Crippen LogP contribution in [0.2, 0.25) is 0 Å². The minimum atomic E-state index is -0.212. The summed E-state index contributed by atoms with van der Waals surface area (Å²) in [5.74, 6) is 0.721. The van der Waals surface area contributed by atoms with Crippen molar-refractivity contribution in [3.8, 4) is 0 Å². The number of amides is 2. The predicted octanol–water partition coefficient (Wildman–Crippen LogP) is 2.00. The van der Waals surface area contributed by atoms with Crippen molar-refractivity contribution in [2.45, 2.75) is 25.9 Å². The molecule has 0 fully saturated rings. The van der Waals surface area contributed by atoms with Crippen LogP contribution in [0, 0.1) is 0 Å². The Morgan fingerprint density at radius 2 is 2.11 bits per heavy atom. The van der Waals surface area contributed by atoms with Gasteiger partial charge in [0, 0.05) is 11.9 Å². The second-order valence-electron chi connectivity index (χ2n) is 4.38. The monoisotopic (exact) mass is 279 g/mol. The van der Waals surface area contributed by atoms with Crippen molar-refractivity contribution in [2.24, 2.45) is 7.05 Å². The first-order valence-electron chi connectivity index (χ1n) is 6.02. The summed E-state index contributed by atoms with van der Waals surface area (Å²) in [6.45, 7) is 3.83. The average molecular weight is 279 g/mol. The van der Waals surface area contributed by atoms with Gasteiger partial charge in [-0.1, -0.05) is 6.07 Å². The third-order valence-corrected chi connectivity index (χ3v) is 3.85. The summed E-state index contributed by atoms with van der Waals surface area (Å²) in [6.07, 6.45) is 1.61. The Hall–Kier alpha value is -1.89. The quantitative estimate of drug-likeness (QED) is 0.899. The molecule has 0 spiro atoms. The predicted molar refractivity (Wildman–Crippen MR) is 73.8 cm³/mol. The molecule has 0 bridgehead atoms. The fourth-order valence-electron chi connectivity index (χ4n) is 1.79. The fraction of sp³-hybridized carbons (Fsp3) is 0.417. The molecule has 0 aliphatic heterocycles. The summed E-state index contributed by atoms with van der Waals surface area (Å²) in [5.41, 5.74) is 0. The third-order valence-electron chi connectivity index (χ3n) is 2.80. The van der Waals surface area contributed by atoms with Crippen LogP contribution in [0.5, 0.6) is 0 Å². The fourth-order valence-corrected chi connectivity index (χ4v) is 2.53. The van der Waals surface area contributed by atoms with Crippen LogP contribution in [-0.4, -0.2) is 20.8 Å². The van der Waals surface area contributed by atoms with Crippen LogP contribution in [0.3, 0.4) is 0 Å². The molecule has 0 saturated carbocycles. The number of carbonyl (C=O) groups is 1. The van der Waals surface area contributed by atoms with E-state index in [1.54, 1.807) is 22.2 Å². The Morgan fingerprint density at radius 3 is 2.68 bits per heavy atom. The van der Waals surface area contributed by atoms with Gasteiger partial charge in [-0.15, -0.1) is 21.5 Å². The zero-order valence-electron chi connectivity index (χ0n) is 11.1. The second kappa shape index (κ2) is 5.83. The lowest BCUT2D eigenvalue weighted by Crippen LogP contribution is -2.38. The van der Waals surface area contributed by atoms with Crippen LogP contribution in [0.25, 0.3) is 0 Å². The van der Waals surface area contributed by atoms with Crippen LogP contribution in [0.1, 0.15) is 36.6 Å². The van der Waals surface area contributed by atoms with E-state index >= 15 is 0 Å². The van der Waals surface area contributed by atoms with Gasteiger partial charge in [0.25, 0.3) is 0 Å². The molecule has 102 valence electrons. The van der Waals surface area contributed by atoms with Crippen molar-refractivity contribution < 1.29 is 4.79 Å². The molecule has 2 N–H and O–H groups in total. The molecular weight excluding hydrogens is 262 g/mol. The topological polar surface area (TPSA) is 71.8 Å². The van der Waals surface area contributed by atoms with Crippen molar-refractivity contribution in [3.63, 3.8) is 0 Å². The molecule has 0 aliphatic carbocycles. The van der Waals surface area contributed by atoms with Gasteiger partial charge in [0.15, 0.2) is 5.82 Å².